The fourth-order valence-electron chi connectivity index (χ4n) is 2.37. The average molecular weight is 202 g/mol. The molecule has 2 fully saturated rings. The average Bonchev–Trinajstić information content (AvgIpc) is 2.57. The van der Waals surface area contributed by atoms with Gasteiger partial charge in [-0.2, -0.15) is 0 Å². The fourth-order valence-corrected chi connectivity index (χ4v) is 2.37. The predicted molar refractivity (Wildman–Crippen MR) is 49.7 cm³/mol. The SMILES string of the molecule is OC[C@@H]1OC2(CCCCC2)O[C@@H]1CO. The van der Waals surface area contributed by atoms with Crippen LogP contribution in [0, 0.1) is 0 Å². The summed E-state index contributed by atoms with van der Waals surface area (Å²) in [4.78, 5) is 0. The highest BCUT2D eigenvalue weighted by molar-refractivity contribution is 4.87. The number of hydrogen-bond acceptors (Lipinski definition) is 4. The first-order valence-electron chi connectivity index (χ1n) is 5.37. The molecule has 1 saturated carbocycles. The van der Waals surface area contributed by atoms with Crippen LogP contribution in [0.15, 0.2) is 0 Å². The maximum Gasteiger partial charge on any atom is 0.169 e. The molecule has 0 aromatic rings. The molecule has 0 amide bonds. The van der Waals surface area contributed by atoms with Crippen molar-refractivity contribution in [3.8, 4) is 0 Å². The van der Waals surface area contributed by atoms with E-state index in [0.29, 0.717) is 0 Å². The Bertz CT molecular complexity index is 175. The molecule has 1 saturated heterocycles. The highest BCUT2D eigenvalue weighted by Crippen LogP contribution is 2.40. The van der Waals surface area contributed by atoms with Crippen LogP contribution in [0.3, 0.4) is 0 Å². The normalized spacial score (nSPS) is 36.4. The van der Waals surface area contributed by atoms with Gasteiger partial charge in [-0.15, -0.1) is 0 Å². The van der Waals surface area contributed by atoms with E-state index in [2.05, 4.69) is 0 Å². The molecule has 1 aliphatic carbocycles. The maximum atomic E-state index is 9.07. The van der Waals surface area contributed by atoms with Crippen LogP contribution in [0.5, 0.6) is 0 Å². The Hall–Kier alpha value is -0.160. The highest BCUT2D eigenvalue weighted by Gasteiger charge is 2.47. The Kier molecular flexibility index (Phi) is 3.07. The van der Waals surface area contributed by atoms with E-state index in [4.69, 9.17) is 19.7 Å². The van der Waals surface area contributed by atoms with E-state index >= 15 is 0 Å². The van der Waals surface area contributed by atoms with Gasteiger partial charge in [0, 0.05) is 12.8 Å². The summed E-state index contributed by atoms with van der Waals surface area (Å²) in [5.74, 6) is -0.501. The van der Waals surface area contributed by atoms with Crippen molar-refractivity contribution in [2.24, 2.45) is 0 Å². The van der Waals surface area contributed by atoms with Gasteiger partial charge >= 0.3 is 0 Å². The van der Waals surface area contributed by atoms with E-state index in [-0.39, 0.29) is 25.4 Å². The van der Waals surface area contributed by atoms with Crippen LogP contribution in [0.4, 0.5) is 0 Å². The van der Waals surface area contributed by atoms with E-state index < -0.39 is 5.79 Å². The van der Waals surface area contributed by atoms with Crippen molar-refractivity contribution in [1.29, 1.82) is 0 Å². The lowest BCUT2D eigenvalue weighted by Crippen LogP contribution is -2.33. The van der Waals surface area contributed by atoms with Gasteiger partial charge in [-0.1, -0.05) is 6.42 Å². The van der Waals surface area contributed by atoms with Crippen molar-refractivity contribution in [3.63, 3.8) is 0 Å². The lowest BCUT2D eigenvalue weighted by Gasteiger charge is -2.31. The largest absolute Gasteiger partial charge is 0.394 e. The van der Waals surface area contributed by atoms with Gasteiger partial charge in [0.2, 0.25) is 0 Å². The number of aliphatic hydroxyl groups excluding tert-OH is 2. The van der Waals surface area contributed by atoms with Crippen molar-refractivity contribution in [1.82, 2.24) is 0 Å². The Labute approximate surface area is 83.8 Å². The Morgan fingerprint density at radius 2 is 1.43 bits per heavy atom. The quantitative estimate of drug-likeness (QED) is 0.681. The zero-order chi connectivity index (χ0) is 10.0. The molecule has 1 spiro atoms. The molecule has 1 aliphatic heterocycles. The van der Waals surface area contributed by atoms with E-state index in [9.17, 15) is 0 Å². The molecule has 2 N–H and O–H groups in total. The van der Waals surface area contributed by atoms with E-state index in [0.717, 1.165) is 25.7 Å². The van der Waals surface area contributed by atoms with Crippen molar-refractivity contribution in [3.05, 3.63) is 0 Å². The van der Waals surface area contributed by atoms with Crippen LogP contribution in [0.2, 0.25) is 0 Å². The first-order chi connectivity index (χ1) is 6.79. The molecular formula is C10H18O4. The maximum absolute atomic E-state index is 9.07. The van der Waals surface area contributed by atoms with Crippen LogP contribution >= 0.6 is 0 Å². The molecular weight excluding hydrogens is 184 g/mol. The third kappa shape index (κ3) is 1.80. The first-order valence-corrected chi connectivity index (χ1v) is 5.37. The van der Waals surface area contributed by atoms with Gasteiger partial charge in [0.1, 0.15) is 12.2 Å². The third-order valence-electron chi connectivity index (χ3n) is 3.12. The zero-order valence-corrected chi connectivity index (χ0v) is 8.32. The second kappa shape index (κ2) is 4.14. The number of ether oxygens (including phenoxy) is 2. The van der Waals surface area contributed by atoms with Gasteiger partial charge in [-0.05, 0) is 12.8 Å². The zero-order valence-electron chi connectivity index (χ0n) is 8.32. The van der Waals surface area contributed by atoms with E-state index in [1.807, 2.05) is 0 Å². The molecule has 2 rings (SSSR count). The van der Waals surface area contributed by atoms with Crippen molar-refractivity contribution in [2.45, 2.75) is 50.1 Å². The minimum atomic E-state index is -0.501. The summed E-state index contributed by atoms with van der Waals surface area (Å²) < 4.78 is 11.4. The lowest BCUT2D eigenvalue weighted by atomic mass is 9.94. The minimum Gasteiger partial charge on any atom is -0.394 e. The summed E-state index contributed by atoms with van der Waals surface area (Å²) in [5.41, 5.74) is 0. The minimum absolute atomic E-state index is 0.0764. The molecule has 0 unspecified atom stereocenters. The van der Waals surface area contributed by atoms with Gasteiger partial charge in [-0.25, -0.2) is 0 Å². The number of hydrogen-bond donors (Lipinski definition) is 2. The van der Waals surface area contributed by atoms with Crippen molar-refractivity contribution < 1.29 is 19.7 Å². The van der Waals surface area contributed by atoms with Crippen LogP contribution < -0.4 is 0 Å². The molecule has 4 nitrogen and oxygen atoms in total. The molecule has 2 aliphatic rings. The van der Waals surface area contributed by atoms with Crippen LogP contribution in [0.25, 0.3) is 0 Å². The molecule has 2 atom stereocenters. The third-order valence-corrected chi connectivity index (χ3v) is 3.12. The summed E-state index contributed by atoms with van der Waals surface area (Å²) in [6.07, 6.45) is 4.52. The number of rotatable bonds is 2. The summed E-state index contributed by atoms with van der Waals surface area (Å²) in [6, 6.07) is 0. The summed E-state index contributed by atoms with van der Waals surface area (Å²) in [7, 11) is 0. The number of aliphatic hydroxyl groups is 2. The summed E-state index contributed by atoms with van der Waals surface area (Å²) in [5, 5.41) is 18.1. The molecule has 82 valence electrons. The summed E-state index contributed by atoms with van der Waals surface area (Å²) in [6.45, 7) is -0.153. The smallest absolute Gasteiger partial charge is 0.169 e. The first kappa shape index (κ1) is 10.4. The Morgan fingerprint density at radius 1 is 0.929 bits per heavy atom. The standard InChI is InChI=1S/C10H18O4/c11-6-8-9(7-12)14-10(13-8)4-2-1-3-5-10/h8-9,11-12H,1-7H2/t8-,9+. The van der Waals surface area contributed by atoms with Gasteiger partial charge in [0.15, 0.2) is 5.79 Å². The molecule has 1 heterocycles. The van der Waals surface area contributed by atoms with Crippen molar-refractivity contribution in [2.75, 3.05) is 13.2 Å². The Balaban J connectivity index is 2.01. The second-order valence-corrected chi connectivity index (χ2v) is 4.15. The fraction of sp³-hybridized carbons (Fsp3) is 1.00. The van der Waals surface area contributed by atoms with Crippen molar-refractivity contribution >= 4 is 0 Å². The molecule has 0 radical (unpaired) electrons. The van der Waals surface area contributed by atoms with E-state index in [1.165, 1.54) is 6.42 Å². The second-order valence-electron chi connectivity index (χ2n) is 4.15. The molecule has 0 aromatic heterocycles. The van der Waals surface area contributed by atoms with E-state index in [1.54, 1.807) is 0 Å². The topological polar surface area (TPSA) is 58.9 Å². The molecule has 0 bridgehead atoms. The van der Waals surface area contributed by atoms with Crippen LogP contribution in [0.1, 0.15) is 32.1 Å². The Morgan fingerprint density at radius 3 is 1.86 bits per heavy atom. The van der Waals surface area contributed by atoms with Gasteiger partial charge < -0.3 is 19.7 Å². The van der Waals surface area contributed by atoms with Gasteiger partial charge in [-0.3, -0.25) is 0 Å². The van der Waals surface area contributed by atoms with Gasteiger partial charge in [0.25, 0.3) is 0 Å². The molecule has 14 heavy (non-hydrogen) atoms. The molecule has 0 aromatic carbocycles. The predicted octanol–water partition coefficient (Wildman–Crippen LogP) is 0.415. The highest BCUT2D eigenvalue weighted by atomic mass is 16.8. The molecule has 4 heteroatoms. The van der Waals surface area contributed by atoms with Crippen LogP contribution in [-0.4, -0.2) is 41.4 Å². The summed E-state index contributed by atoms with van der Waals surface area (Å²) >= 11 is 0. The van der Waals surface area contributed by atoms with Crippen LogP contribution in [-0.2, 0) is 9.47 Å². The lowest BCUT2D eigenvalue weighted by molar-refractivity contribution is -0.197. The van der Waals surface area contributed by atoms with Gasteiger partial charge in [0.05, 0.1) is 13.2 Å². The monoisotopic (exact) mass is 202 g/mol.